The largest absolute Gasteiger partial charge is 0.480 e. The molecule has 3 rings (SSSR count). The van der Waals surface area contributed by atoms with Crippen LogP contribution in [0.15, 0.2) is 40.9 Å². The quantitative estimate of drug-likeness (QED) is 0.874. The van der Waals surface area contributed by atoms with Gasteiger partial charge < -0.3 is 9.63 Å². The molecule has 5 heteroatoms. The average molecular weight is 272 g/mol. The molecule has 0 saturated heterocycles. The van der Waals surface area contributed by atoms with Crippen LogP contribution in [0.2, 0.25) is 0 Å². The second-order valence-corrected chi connectivity index (χ2v) is 5.14. The Hall–Kier alpha value is -2.14. The first kappa shape index (κ1) is 12.9. The maximum absolute atomic E-state index is 11.2. The van der Waals surface area contributed by atoms with Gasteiger partial charge >= 0.3 is 5.97 Å². The Morgan fingerprint density at radius 3 is 2.70 bits per heavy atom. The Bertz CT molecular complexity index is 603. The third kappa shape index (κ3) is 2.32. The molecule has 0 spiro atoms. The van der Waals surface area contributed by atoms with Gasteiger partial charge in [0.15, 0.2) is 5.76 Å². The highest BCUT2D eigenvalue weighted by Crippen LogP contribution is 2.32. The molecule has 1 heterocycles. The second-order valence-electron chi connectivity index (χ2n) is 5.14. The summed E-state index contributed by atoms with van der Waals surface area (Å²) in [5.74, 6) is -0.136. The Labute approximate surface area is 116 Å². The molecule has 0 aliphatic heterocycles. The number of benzene rings is 1. The molecule has 1 saturated carbocycles. The molecule has 0 atom stereocenters. The van der Waals surface area contributed by atoms with E-state index in [1.807, 2.05) is 36.4 Å². The minimum atomic E-state index is -0.786. The van der Waals surface area contributed by atoms with Gasteiger partial charge in [0.05, 0.1) is 6.54 Å². The van der Waals surface area contributed by atoms with Gasteiger partial charge in [-0.05, 0) is 19.3 Å². The zero-order valence-corrected chi connectivity index (χ0v) is 11.0. The minimum Gasteiger partial charge on any atom is -0.480 e. The van der Waals surface area contributed by atoms with Crippen molar-refractivity contribution in [2.75, 3.05) is 0 Å². The van der Waals surface area contributed by atoms with Crippen LogP contribution in [-0.2, 0) is 11.3 Å². The van der Waals surface area contributed by atoms with Gasteiger partial charge in [-0.3, -0.25) is 10.1 Å². The van der Waals surface area contributed by atoms with Crippen LogP contribution < -0.4 is 5.32 Å². The Kier molecular flexibility index (Phi) is 3.28. The van der Waals surface area contributed by atoms with E-state index in [4.69, 9.17) is 4.52 Å². The van der Waals surface area contributed by atoms with Gasteiger partial charge in [-0.15, -0.1) is 0 Å². The van der Waals surface area contributed by atoms with Crippen LogP contribution in [0.5, 0.6) is 0 Å². The molecular weight excluding hydrogens is 256 g/mol. The van der Waals surface area contributed by atoms with Crippen LogP contribution in [0.4, 0.5) is 0 Å². The highest BCUT2D eigenvalue weighted by molar-refractivity contribution is 5.79. The number of carboxylic acid groups (broad SMARTS) is 1. The molecule has 5 nitrogen and oxygen atoms in total. The van der Waals surface area contributed by atoms with Crippen molar-refractivity contribution in [3.05, 3.63) is 42.2 Å². The highest BCUT2D eigenvalue weighted by atomic mass is 16.5. The molecule has 1 fully saturated rings. The monoisotopic (exact) mass is 272 g/mol. The third-order valence-electron chi connectivity index (χ3n) is 3.85. The van der Waals surface area contributed by atoms with Gasteiger partial charge in [0, 0.05) is 11.6 Å². The van der Waals surface area contributed by atoms with Crippen molar-refractivity contribution < 1.29 is 14.4 Å². The zero-order chi connectivity index (χ0) is 14.0. The Balaban J connectivity index is 1.68. The van der Waals surface area contributed by atoms with Crippen molar-refractivity contribution in [3.63, 3.8) is 0 Å². The molecule has 0 unspecified atom stereocenters. The lowest BCUT2D eigenvalue weighted by Crippen LogP contribution is -2.56. The molecule has 0 radical (unpaired) electrons. The number of aromatic nitrogens is 1. The van der Waals surface area contributed by atoms with Crippen molar-refractivity contribution in [2.45, 2.75) is 31.3 Å². The molecule has 0 bridgehead atoms. The van der Waals surface area contributed by atoms with E-state index in [1.54, 1.807) is 0 Å². The fraction of sp³-hybridized carbons (Fsp3) is 0.333. The first-order valence-electron chi connectivity index (χ1n) is 6.69. The normalized spacial score (nSPS) is 16.6. The maximum Gasteiger partial charge on any atom is 0.323 e. The fourth-order valence-electron chi connectivity index (χ4n) is 2.39. The third-order valence-corrected chi connectivity index (χ3v) is 3.85. The Morgan fingerprint density at radius 1 is 1.35 bits per heavy atom. The van der Waals surface area contributed by atoms with E-state index in [9.17, 15) is 9.90 Å². The van der Waals surface area contributed by atoms with E-state index < -0.39 is 11.5 Å². The summed E-state index contributed by atoms with van der Waals surface area (Å²) in [6.45, 7) is 0.381. The van der Waals surface area contributed by atoms with Crippen LogP contribution in [0, 0.1) is 0 Å². The van der Waals surface area contributed by atoms with Crippen molar-refractivity contribution in [3.8, 4) is 11.3 Å². The van der Waals surface area contributed by atoms with Crippen LogP contribution in [0.3, 0.4) is 0 Å². The van der Waals surface area contributed by atoms with Crippen LogP contribution in [-0.4, -0.2) is 21.8 Å². The molecule has 2 aromatic rings. The maximum atomic E-state index is 11.2. The molecule has 1 aromatic heterocycles. The molecular formula is C15H16N2O3. The van der Waals surface area contributed by atoms with E-state index in [0.29, 0.717) is 25.1 Å². The number of aliphatic carboxylic acids is 1. The number of nitrogens with zero attached hydrogens (tertiary/aromatic N) is 1. The van der Waals surface area contributed by atoms with E-state index >= 15 is 0 Å². The van der Waals surface area contributed by atoms with Gasteiger partial charge in [0.2, 0.25) is 0 Å². The summed E-state index contributed by atoms with van der Waals surface area (Å²) in [4.78, 5) is 11.2. The van der Waals surface area contributed by atoms with Gasteiger partial charge in [-0.25, -0.2) is 0 Å². The summed E-state index contributed by atoms with van der Waals surface area (Å²) in [6.07, 6.45) is 2.29. The predicted molar refractivity (Wildman–Crippen MR) is 73.0 cm³/mol. The smallest absolute Gasteiger partial charge is 0.323 e. The van der Waals surface area contributed by atoms with Crippen molar-refractivity contribution in [2.24, 2.45) is 0 Å². The number of hydrogen-bond donors (Lipinski definition) is 2. The van der Waals surface area contributed by atoms with E-state index in [0.717, 1.165) is 17.7 Å². The number of rotatable bonds is 5. The number of carboxylic acids is 1. The zero-order valence-electron chi connectivity index (χ0n) is 11.0. The van der Waals surface area contributed by atoms with Gasteiger partial charge in [0.25, 0.3) is 0 Å². The van der Waals surface area contributed by atoms with Crippen molar-refractivity contribution in [1.82, 2.24) is 10.5 Å². The van der Waals surface area contributed by atoms with Gasteiger partial charge in [-0.2, -0.15) is 0 Å². The first-order valence-corrected chi connectivity index (χ1v) is 6.69. The molecule has 1 aromatic carbocycles. The highest BCUT2D eigenvalue weighted by Gasteiger charge is 2.44. The molecule has 104 valence electrons. The molecule has 0 amide bonds. The lowest BCUT2D eigenvalue weighted by Gasteiger charge is -2.38. The topological polar surface area (TPSA) is 75.4 Å². The first-order chi connectivity index (χ1) is 9.70. The van der Waals surface area contributed by atoms with Gasteiger partial charge in [0.1, 0.15) is 11.2 Å². The lowest BCUT2D eigenvalue weighted by molar-refractivity contribution is -0.149. The van der Waals surface area contributed by atoms with Crippen LogP contribution >= 0.6 is 0 Å². The summed E-state index contributed by atoms with van der Waals surface area (Å²) in [5.41, 5.74) is 0.971. The fourth-order valence-corrected chi connectivity index (χ4v) is 2.39. The summed E-state index contributed by atoms with van der Waals surface area (Å²) in [5, 5.41) is 16.3. The standard InChI is InChI=1S/C15H16N2O3/c18-14(19)15(7-4-8-15)16-10-12-9-13(17-20-12)11-5-2-1-3-6-11/h1-3,5-6,9,16H,4,7-8,10H2,(H,18,19). The minimum absolute atomic E-state index is 0.381. The summed E-state index contributed by atoms with van der Waals surface area (Å²) >= 11 is 0. The van der Waals surface area contributed by atoms with Crippen LogP contribution in [0.1, 0.15) is 25.0 Å². The predicted octanol–water partition coefficient (Wildman–Crippen LogP) is 2.44. The van der Waals surface area contributed by atoms with E-state index in [-0.39, 0.29) is 0 Å². The number of hydrogen-bond acceptors (Lipinski definition) is 4. The van der Waals surface area contributed by atoms with Gasteiger partial charge in [-0.1, -0.05) is 35.5 Å². The number of carbonyl (C=O) groups is 1. The summed E-state index contributed by atoms with van der Waals surface area (Å²) in [7, 11) is 0. The molecule has 2 N–H and O–H groups in total. The molecule has 20 heavy (non-hydrogen) atoms. The SMILES string of the molecule is O=C(O)C1(NCc2cc(-c3ccccc3)no2)CCC1. The average Bonchev–Trinajstić information content (AvgIpc) is 2.87. The van der Waals surface area contributed by atoms with Crippen molar-refractivity contribution in [1.29, 1.82) is 0 Å². The molecule has 1 aliphatic carbocycles. The lowest BCUT2D eigenvalue weighted by atomic mass is 9.77. The van der Waals surface area contributed by atoms with E-state index in [2.05, 4.69) is 10.5 Å². The summed E-state index contributed by atoms with van der Waals surface area (Å²) in [6, 6.07) is 11.6. The Morgan fingerprint density at radius 2 is 2.10 bits per heavy atom. The summed E-state index contributed by atoms with van der Waals surface area (Å²) < 4.78 is 5.26. The second kappa shape index (κ2) is 5.09. The van der Waals surface area contributed by atoms with Crippen LogP contribution in [0.25, 0.3) is 11.3 Å². The van der Waals surface area contributed by atoms with Crippen molar-refractivity contribution >= 4 is 5.97 Å². The molecule has 1 aliphatic rings. The number of nitrogens with one attached hydrogen (secondary N) is 1. The van der Waals surface area contributed by atoms with E-state index in [1.165, 1.54) is 0 Å².